The maximum atomic E-state index is 13.5. The van der Waals surface area contributed by atoms with Crippen LogP contribution in [0.3, 0.4) is 0 Å². The zero-order valence-corrected chi connectivity index (χ0v) is 23.0. The van der Waals surface area contributed by atoms with E-state index >= 15 is 0 Å². The highest BCUT2D eigenvalue weighted by molar-refractivity contribution is 6.46. The van der Waals surface area contributed by atoms with E-state index in [-0.39, 0.29) is 29.1 Å². The third-order valence-electron chi connectivity index (χ3n) is 7.31. The van der Waals surface area contributed by atoms with Crippen LogP contribution >= 0.6 is 0 Å². The van der Waals surface area contributed by atoms with E-state index in [1.54, 1.807) is 32.0 Å². The number of aryl methyl sites for hydroxylation is 1. The number of para-hydroxylation sites is 1. The summed E-state index contributed by atoms with van der Waals surface area (Å²) in [6, 6.07) is 4.27. The van der Waals surface area contributed by atoms with Gasteiger partial charge in [-0.15, -0.1) is 0 Å². The number of carbonyl (C=O) groups excluding carboxylic acids is 3. The number of rotatable bonds is 9. The average molecular weight is 542 g/mol. The summed E-state index contributed by atoms with van der Waals surface area (Å²) in [6.07, 6.45) is 0.616. The first kappa shape index (κ1) is 28.2. The maximum absolute atomic E-state index is 13.5. The predicted molar refractivity (Wildman–Crippen MR) is 142 cm³/mol. The Balaban J connectivity index is 1.83. The molecular formula is C28H35N3O8. The summed E-state index contributed by atoms with van der Waals surface area (Å²) in [5, 5.41) is 11.6. The highest BCUT2D eigenvalue weighted by Crippen LogP contribution is 2.46. The number of likely N-dealkylation sites (tertiary alicyclic amines) is 1. The number of nitrogens with one attached hydrogen (secondary N) is 1. The second-order valence-electron chi connectivity index (χ2n) is 9.50. The molecule has 0 bridgehead atoms. The van der Waals surface area contributed by atoms with Gasteiger partial charge in [0.05, 0.1) is 46.2 Å². The lowest BCUT2D eigenvalue weighted by Gasteiger charge is -2.30. The number of benzene rings is 1. The predicted octanol–water partition coefficient (Wildman–Crippen LogP) is 2.58. The van der Waals surface area contributed by atoms with Gasteiger partial charge in [0, 0.05) is 43.0 Å². The number of aromatic nitrogens is 1. The molecule has 4 rings (SSSR count). The molecule has 2 saturated heterocycles. The van der Waals surface area contributed by atoms with Crippen molar-refractivity contribution < 1.29 is 38.4 Å². The zero-order chi connectivity index (χ0) is 28.3. The Hall–Kier alpha value is -3.83. The molecule has 2 aromatic rings. The highest BCUT2D eigenvalue weighted by atomic mass is 16.5. The molecule has 210 valence electrons. The van der Waals surface area contributed by atoms with Gasteiger partial charge in [0.15, 0.2) is 11.5 Å². The summed E-state index contributed by atoms with van der Waals surface area (Å²) in [7, 11) is 4.24. The molecule has 3 heterocycles. The van der Waals surface area contributed by atoms with Crippen molar-refractivity contribution in [2.24, 2.45) is 0 Å². The van der Waals surface area contributed by atoms with Crippen molar-refractivity contribution in [3.8, 4) is 11.5 Å². The standard InChI is InChI=1S/C28H35N3O8/c1-16-20(17(2)29-22(16)28(35)38-5)24(32)21-23(18-8-6-9-19(36-3)26(18)37-4)31(27(34)25(21)33)11-7-10-30-12-14-39-15-13-30/h6,8-9,23,29,32H,7,10-15H2,1-5H3/t23-/m0/s1. The van der Waals surface area contributed by atoms with Gasteiger partial charge in [0.2, 0.25) is 0 Å². The number of amides is 1. The number of aromatic amines is 1. The largest absolute Gasteiger partial charge is 0.507 e. The molecule has 11 heteroatoms. The lowest BCUT2D eigenvalue weighted by molar-refractivity contribution is -0.140. The van der Waals surface area contributed by atoms with Crippen LogP contribution in [0, 0.1) is 13.8 Å². The number of methoxy groups -OCH3 is 3. The molecule has 0 spiro atoms. The molecule has 2 fully saturated rings. The second kappa shape index (κ2) is 11.9. The van der Waals surface area contributed by atoms with Gasteiger partial charge in [0.1, 0.15) is 11.5 Å². The highest BCUT2D eigenvalue weighted by Gasteiger charge is 2.47. The topological polar surface area (TPSA) is 131 Å². The van der Waals surface area contributed by atoms with Gasteiger partial charge >= 0.3 is 5.97 Å². The number of H-pyrrole nitrogens is 1. The number of Topliss-reactive ketones (excluding diaryl/α,β-unsaturated/α-hetero) is 1. The van der Waals surface area contributed by atoms with E-state index in [9.17, 15) is 19.5 Å². The van der Waals surface area contributed by atoms with Crippen molar-refractivity contribution in [3.05, 3.63) is 51.9 Å². The molecule has 11 nitrogen and oxygen atoms in total. The number of hydrogen-bond acceptors (Lipinski definition) is 9. The molecule has 1 aromatic carbocycles. The van der Waals surface area contributed by atoms with Crippen LogP contribution in [0.5, 0.6) is 11.5 Å². The van der Waals surface area contributed by atoms with E-state index in [1.807, 2.05) is 0 Å². The number of esters is 1. The zero-order valence-electron chi connectivity index (χ0n) is 23.0. The number of nitrogens with zero attached hydrogens (tertiary/aromatic N) is 2. The van der Waals surface area contributed by atoms with Gasteiger partial charge in [-0.1, -0.05) is 12.1 Å². The summed E-state index contributed by atoms with van der Waals surface area (Å²) in [4.78, 5) is 45.9. The molecular weight excluding hydrogens is 506 g/mol. The molecule has 1 aromatic heterocycles. The fourth-order valence-corrected chi connectivity index (χ4v) is 5.40. The number of ether oxygens (including phenoxy) is 4. The van der Waals surface area contributed by atoms with E-state index in [2.05, 4.69) is 9.88 Å². The van der Waals surface area contributed by atoms with Crippen molar-refractivity contribution in [1.29, 1.82) is 0 Å². The molecule has 2 aliphatic heterocycles. The van der Waals surface area contributed by atoms with Crippen molar-refractivity contribution >= 4 is 23.4 Å². The minimum Gasteiger partial charge on any atom is -0.507 e. The molecule has 1 atom stereocenters. The van der Waals surface area contributed by atoms with Gasteiger partial charge < -0.3 is 33.9 Å². The molecule has 1 amide bonds. The Morgan fingerprint density at radius 3 is 2.46 bits per heavy atom. The van der Waals surface area contributed by atoms with Gasteiger partial charge in [0.25, 0.3) is 11.7 Å². The van der Waals surface area contributed by atoms with Crippen molar-refractivity contribution in [1.82, 2.24) is 14.8 Å². The molecule has 0 radical (unpaired) electrons. The first-order valence-corrected chi connectivity index (χ1v) is 12.8. The number of ketones is 1. The van der Waals surface area contributed by atoms with Gasteiger partial charge in [-0.3, -0.25) is 14.5 Å². The second-order valence-corrected chi connectivity index (χ2v) is 9.50. The minimum atomic E-state index is -0.935. The van der Waals surface area contributed by atoms with E-state index in [4.69, 9.17) is 18.9 Å². The van der Waals surface area contributed by atoms with Crippen LogP contribution < -0.4 is 9.47 Å². The Kier molecular flexibility index (Phi) is 8.61. The number of aliphatic hydroxyl groups is 1. The molecule has 0 aliphatic carbocycles. The van der Waals surface area contributed by atoms with Crippen LogP contribution in [-0.2, 0) is 19.1 Å². The van der Waals surface area contributed by atoms with Crippen LogP contribution in [0.4, 0.5) is 0 Å². The molecule has 0 saturated carbocycles. The smallest absolute Gasteiger partial charge is 0.354 e. The third-order valence-corrected chi connectivity index (χ3v) is 7.31. The van der Waals surface area contributed by atoms with Gasteiger partial charge in [-0.05, 0) is 31.9 Å². The van der Waals surface area contributed by atoms with Crippen molar-refractivity contribution in [2.45, 2.75) is 26.3 Å². The Bertz CT molecular complexity index is 1290. The number of carbonyl (C=O) groups is 3. The summed E-state index contributed by atoms with van der Waals surface area (Å²) < 4.78 is 21.4. The summed E-state index contributed by atoms with van der Waals surface area (Å²) in [5.74, 6) is -1.73. The van der Waals surface area contributed by atoms with Gasteiger partial charge in [-0.2, -0.15) is 0 Å². The SMILES string of the molecule is COC(=O)c1[nH]c(C)c(C(O)=C2C(=O)C(=O)N(CCCN3CCOCC3)[C@H]2c2cccc(OC)c2OC)c1C. The lowest BCUT2D eigenvalue weighted by Crippen LogP contribution is -2.39. The fraction of sp³-hybridized carbons (Fsp3) is 0.464. The normalized spacial score (nSPS) is 19.4. The molecule has 0 unspecified atom stereocenters. The summed E-state index contributed by atoms with van der Waals surface area (Å²) >= 11 is 0. The number of morpholine rings is 1. The Morgan fingerprint density at radius 1 is 1.10 bits per heavy atom. The quantitative estimate of drug-likeness (QED) is 0.213. The first-order chi connectivity index (χ1) is 18.7. The van der Waals surface area contributed by atoms with Crippen LogP contribution in [0.15, 0.2) is 23.8 Å². The van der Waals surface area contributed by atoms with Crippen molar-refractivity contribution in [3.63, 3.8) is 0 Å². The average Bonchev–Trinajstić information content (AvgIpc) is 3.39. The van der Waals surface area contributed by atoms with E-state index < -0.39 is 23.7 Å². The van der Waals surface area contributed by atoms with Crippen LogP contribution in [-0.4, -0.2) is 98.3 Å². The van der Waals surface area contributed by atoms with E-state index in [0.29, 0.717) is 48.0 Å². The minimum absolute atomic E-state index is 0.0838. The number of hydrogen-bond donors (Lipinski definition) is 2. The van der Waals surface area contributed by atoms with Gasteiger partial charge in [-0.25, -0.2) is 4.79 Å². The van der Waals surface area contributed by atoms with E-state index in [0.717, 1.165) is 19.6 Å². The molecule has 39 heavy (non-hydrogen) atoms. The summed E-state index contributed by atoms with van der Waals surface area (Å²) in [6.45, 7) is 7.26. The van der Waals surface area contributed by atoms with Crippen LogP contribution in [0.2, 0.25) is 0 Å². The Labute approximate surface area is 227 Å². The molecule has 2 aliphatic rings. The first-order valence-electron chi connectivity index (χ1n) is 12.8. The third kappa shape index (κ3) is 5.24. The van der Waals surface area contributed by atoms with Crippen LogP contribution in [0.1, 0.15) is 45.3 Å². The van der Waals surface area contributed by atoms with E-state index in [1.165, 1.54) is 26.2 Å². The maximum Gasteiger partial charge on any atom is 0.354 e. The number of aliphatic hydroxyl groups excluding tert-OH is 1. The monoisotopic (exact) mass is 541 g/mol. The van der Waals surface area contributed by atoms with Crippen molar-refractivity contribution in [2.75, 3.05) is 60.7 Å². The fourth-order valence-electron chi connectivity index (χ4n) is 5.40. The van der Waals surface area contributed by atoms with Crippen LogP contribution in [0.25, 0.3) is 5.76 Å². The summed E-state index contributed by atoms with van der Waals surface area (Å²) in [5.41, 5.74) is 1.72. The molecule has 2 N–H and O–H groups in total. The lowest BCUT2D eigenvalue weighted by atomic mass is 9.93. The Morgan fingerprint density at radius 2 is 1.82 bits per heavy atom.